The molecule has 246 valence electrons. The van der Waals surface area contributed by atoms with Crippen LogP contribution in [0.1, 0.15) is 6.92 Å². The van der Waals surface area contributed by atoms with Gasteiger partial charge in [0.25, 0.3) is 0 Å². The molecule has 47 heavy (non-hydrogen) atoms. The Balaban J connectivity index is 0.000000262. The number of rotatable bonds is 12. The van der Waals surface area contributed by atoms with Crippen LogP contribution in [0.5, 0.6) is 0 Å². The number of hydrogen-bond acceptors (Lipinski definition) is 3. The first-order valence-electron chi connectivity index (χ1n) is 15.4. The van der Waals surface area contributed by atoms with Crippen LogP contribution in [0.4, 0.5) is 0 Å². The van der Waals surface area contributed by atoms with E-state index in [9.17, 15) is 10.2 Å². The largest absolute Gasteiger partial charge is 0.395 e. The first-order chi connectivity index (χ1) is 22.2. The fraction of sp³-hybridized carbons (Fsp3) is 0.150. The maximum absolute atomic E-state index is 9.42. The predicted molar refractivity (Wildman–Crippen MR) is 193 cm³/mol. The normalized spacial score (nSPS) is 16.0. The van der Waals surface area contributed by atoms with Crippen LogP contribution in [-0.4, -0.2) is 47.5 Å². The molecular weight excluding hydrogens is 751 g/mol. The second-order valence-corrected chi connectivity index (χ2v) is 15.1. The van der Waals surface area contributed by atoms with E-state index in [-0.39, 0.29) is 56.7 Å². The van der Waals surface area contributed by atoms with Crippen molar-refractivity contribution in [3.63, 3.8) is 0 Å². The third-order valence-corrected chi connectivity index (χ3v) is 12.8. The molecule has 0 unspecified atom stereocenters. The fourth-order valence-corrected chi connectivity index (χ4v) is 10.5. The van der Waals surface area contributed by atoms with E-state index in [1.165, 1.54) is 38.5 Å². The first kappa shape index (κ1) is 40.2. The van der Waals surface area contributed by atoms with Crippen molar-refractivity contribution in [3.05, 3.63) is 184 Å². The molecule has 0 aliphatic heterocycles. The Bertz CT molecular complexity index is 1280. The molecule has 0 bridgehead atoms. The minimum atomic E-state index is -0.657. The van der Waals surface area contributed by atoms with Crippen molar-refractivity contribution in [3.8, 4) is 0 Å². The van der Waals surface area contributed by atoms with Crippen LogP contribution in [0.3, 0.4) is 0 Å². The Labute approximate surface area is 310 Å². The smallest absolute Gasteiger partial charge is 0.0558 e. The van der Waals surface area contributed by atoms with E-state index >= 15 is 0 Å². The Hall–Kier alpha value is -1.20. The van der Waals surface area contributed by atoms with Gasteiger partial charge in [0.1, 0.15) is 0 Å². The van der Waals surface area contributed by atoms with Crippen molar-refractivity contribution >= 4 is 37.1 Å². The quantitative estimate of drug-likeness (QED) is 0.137. The van der Waals surface area contributed by atoms with Gasteiger partial charge in [0.05, 0.1) is 13.2 Å². The molecule has 10 radical (unpaired) electrons. The van der Waals surface area contributed by atoms with Crippen molar-refractivity contribution in [2.45, 2.75) is 13.0 Å². The number of hydrogen-bond donors (Lipinski definition) is 2. The molecule has 2 N–H and O–H groups in total. The van der Waals surface area contributed by atoms with E-state index in [0.717, 1.165) is 0 Å². The second kappa shape index (κ2) is 21.8. The fourth-order valence-electron chi connectivity index (χ4n) is 5.63. The third kappa shape index (κ3) is 11.1. The molecule has 4 aromatic carbocycles. The first-order valence-corrected chi connectivity index (χ1v) is 18.1. The van der Waals surface area contributed by atoms with E-state index in [0.29, 0.717) is 13.1 Å². The molecule has 4 aromatic rings. The molecule has 0 spiro atoms. The zero-order chi connectivity index (χ0) is 31.3. The molecule has 0 aromatic heterocycles. The molecule has 0 saturated heterocycles. The summed E-state index contributed by atoms with van der Waals surface area (Å²) in [5, 5.41) is 24.3. The molecule has 1 atom stereocenters. The van der Waals surface area contributed by atoms with Crippen molar-refractivity contribution in [2.75, 3.05) is 26.3 Å². The summed E-state index contributed by atoms with van der Waals surface area (Å²) < 4.78 is 0. The number of benzene rings is 4. The van der Waals surface area contributed by atoms with Crippen LogP contribution >= 0.6 is 15.8 Å². The maximum atomic E-state index is 9.42. The summed E-state index contributed by atoms with van der Waals surface area (Å²) in [5.74, 6) is 1.27. The topological polar surface area (TPSA) is 43.7 Å². The Morgan fingerprint density at radius 3 is 1.30 bits per heavy atom. The standard InChI is InChI=1S/C23H27NO2P.C17H14P.Fe.Pd/c1-19(24(15-17-25)16-18-26)22-13-8-14-23(22)27(20-9-4-2-5-10-20)21-11-6-3-7-12-21;1-3-9-15(10-4-1)18(17-13-7-8-14-17)16-11-5-2-6-12-16;;/h2-14,19,25-26H,15-18H2,1H3;1-14H;;/t19-;;;/m1.../s1. The summed E-state index contributed by atoms with van der Waals surface area (Å²) in [6.45, 7) is 3.45. The van der Waals surface area contributed by atoms with E-state index in [2.05, 4.69) is 178 Å². The molecule has 2 aliphatic carbocycles. The van der Waals surface area contributed by atoms with Gasteiger partial charge in [-0.25, -0.2) is 0 Å². The Morgan fingerprint density at radius 1 is 0.532 bits per heavy atom. The number of nitrogens with zero attached hydrogens (tertiary/aromatic N) is 1. The molecule has 2 saturated carbocycles. The average Bonchev–Trinajstić information content (AvgIpc) is 3.81. The van der Waals surface area contributed by atoms with Gasteiger partial charge in [-0.15, -0.1) is 0 Å². The van der Waals surface area contributed by atoms with Gasteiger partial charge in [-0.1, -0.05) is 121 Å². The van der Waals surface area contributed by atoms with Crippen molar-refractivity contribution in [1.82, 2.24) is 4.90 Å². The predicted octanol–water partition coefficient (Wildman–Crippen LogP) is 6.00. The number of aliphatic hydroxyl groups excluding tert-OH is 2. The zero-order valence-electron chi connectivity index (χ0n) is 26.4. The molecule has 2 fully saturated rings. The van der Waals surface area contributed by atoms with Crippen molar-refractivity contribution in [1.29, 1.82) is 0 Å². The SMILES string of the molecule is C[C@H]([C]1[CH][CH][CH][C]1P(c1ccccc1)c1ccccc1)N(CCO)CCO.[CH]1[CH][CH][C](P(c2ccccc2)c2ccccc2)[CH]1.[Fe].[Pd]. The molecule has 6 rings (SSSR count). The zero-order valence-corrected chi connectivity index (χ0v) is 30.8. The van der Waals surface area contributed by atoms with Gasteiger partial charge < -0.3 is 10.2 Å². The van der Waals surface area contributed by atoms with Gasteiger partial charge in [0, 0.05) is 73.9 Å². The van der Waals surface area contributed by atoms with Crippen LogP contribution < -0.4 is 21.2 Å². The van der Waals surface area contributed by atoms with Crippen LogP contribution in [0, 0.1) is 62.2 Å². The van der Waals surface area contributed by atoms with Crippen LogP contribution in [0.15, 0.2) is 121 Å². The van der Waals surface area contributed by atoms with Crippen molar-refractivity contribution < 1.29 is 47.7 Å². The van der Waals surface area contributed by atoms with Gasteiger partial charge in [-0.3, -0.25) is 4.90 Å². The molecule has 7 heteroatoms. The monoisotopic (exact) mass is 791 g/mol. The molecule has 2 aliphatic rings. The van der Waals surface area contributed by atoms with Crippen LogP contribution in [0.25, 0.3) is 0 Å². The average molecular weight is 792 g/mol. The summed E-state index contributed by atoms with van der Waals surface area (Å²) in [7, 11) is -1.07. The van der Waals surface area contributed by atoms with Gasteiger partial charge in [-0.05, 0) is 88.9 Å². The summed E-state index contributed by atoms with van der Waals surface area (Å²) in [6.07, 6.45) is 15.2. The molecule has 0 amide bonds. The van der Waals surface area contributed by atoms with E-state index in [1.807, 2.05) is 0 Å². The van der Waals surface area contributed by atoms with Gasteiger partial charge >= 0.3 is 0 Å². The minimum Gasteiger partial charge on any atom is -0.395 e. The van der Waals surface area contributed by atoms with Crippen LogP contribution in [0.2, 0.25) is 0 Å². The summed E-state index contributed by atoms with van der Waals surface area (Å²) in [5.41, 5.74) is 2.76. The Morgan fingerprint density at radius 2 is 0.915 bits per heavy atom. The summed E-state index contributed by atoms with van der Waals surface area (Å²) in [4.78, 5) is 2.14. The maximum Gasteiger partial charge on any atom is 0.0558 e. The molecular formula is C40H41FeNO2P2Pd. The van der Waals surface area contributed by atoms with E-state index in [1.54, 1.807) is 0 Å². The Kier molecular flexibility index (Phi) is 18.7. The van der Waals surface area contributed by atoms with Crippen molar-refractivity contribution in [2.24, 2.45) is 0 Å². The van der Waals surface area contributed by atoms with Gasteiger partial charge in [0.2, 0.25) is 0 Å². The minimum absolute atomic E-state index is 0. The summed E-state index contributed by atoms with van der Waals surface area (Å²) >= 11 is 0. The van der Waals surface area contributed by atoms with Crippen LogP contribution in [-0.2, 0) is 37.5 Å². The third-order valence-electron chi connectivity index (χ3n) is 7.80. The van der Waals surface area contributed by atoms with Gasteiger partial charge in [-0.2, -0.15) is 0 Å². The van der Waals surface area contributed by atoms with Gasteiger partial charge in [0.15, 0.2) is 0 Å². The number of aliphatic hydroxyl groups is 2. The van der Waals surface area contributed by atoms with E-state index < -0.39 is 15.8 Å². The molecule has 0 heterocycles. The van der Waals surface area contributed by atoms with E-state index in [4.69, 9.17) is 0 Å². The summed E-state index contributed by atoms with van der Waals surface area (Å²) in [6, 6.07) is 43.0. The molecule has 3 nitrogen and oxygen atoms in total. The second-order valence-electron chi connectivity index (χ2n) is 10.7.